The molecule has 0 bridgehead atoms. The molecule has 0 saturated carbocycles. The van der Waals surface area contributed by atoms with Gasteiger partial charge in [0.05, 0.1) is 5.56 Å². The summed E-state index contributed by atoms with van der Waals surface area (Å²) in [6, 6.07) is 12.0. The fraction of sp³-hybridized carbons (Fsp3) is 0.294. The molecular formula is C17H19N3O. The number of rotatable bonds is 2. The van der Waals surface area contributed by atoms with E-state index in [-0.39, 0.29) is 11.9 Å². The van der Waals surface area contributed by atoms with Crippen molar-refractivity contribution < 1.29 is 4.79 Å². The largest absolute Gasteiger partial charge is 0.363 e. The van der Waals surface area contributed by atoms with Gasteiger partial charge in [-0.3, -0.25) is 4.79 Å². The Kier molecular flexibility index (Phi) is 3.37. The molecule has 0 fully saturated rings. The number of para-hydroxylation sites is 1. The number of benzene rings is 1. The van der Waals surface area contributed by atoms with Crippen LogP contribution in [0.5, 0.6) is 0 Å². The number of nitrogens with zero attached hydrogens (tertiary/aromatic N) is 3. The zero-order valence-corrected chi connectivity index (χ0v) is 12.6. The van der Waals surface area contributed by atoms with Crippen molar-refractivity contribution in [3.8, 4) is 0 Å². The lowest BCUT2D eigenvalue weighted by atomic mass is 10.1. The van der Waals surface area contributed by atoms with Crippen molar-refractivity contribution in [3.63, 3.8) is 0 Å². The lowest BCUT2D eigenvalue weighted by Crippen LogP contribution is -2.35. The molecule has 1 aliphatic heterocycles. The van der Waals surface area contributed by atoms with E-state index in [0.717, 1.165) is 17.9 Å². The maximum atomic E-state index is 12.8. The van der Waals surface area contributed by atoms with Crippen LogP contribution in [0, 0.1) is 0 Å². The average Bonchev–Trinajstić information content (AvgIpc) is 2.82. The predicted octanol–water partition coefficient (Wildman–Crippen LogP) is 2.74. The van der Waals surface area contributed by atoms with E-state index in [9.17, 15) is 4.79 Å². The maximum absolute atomic E-state index is 12.8. The summed E-state index contributed by atoms with van der Waals surface area (Å²) in [5.74, 6) is 0.867. The molecule has 1 aromatic heterocycles. The Hall–Kier alpha value is -2.36. The Morgan fingerprint density at radius 1 is 1.24 bits per heavy atom. The van der Waals surface area contributed by atoms with Gasteiger partial charge in [-0.1, -0.05) is 18.2 Å². The van der Waals surface area contributed by atoms with Crippen molar-refractivity contribution in [2.45, 2.75) is 19.4 Å². The zero-order valence-electron chi connectivity index (χ0n) is 12.6. The fourth-order valence-electron chi connectivity index (χ4n) is 2.79. The molecule has 0 aliphatic carbocycles. The Bertz CT molecular complexity index is 664. The van der Waals surface area contributed by atoms with Gasteiger partial charge >= 0.3 is 0 Å². The van der Waals surface area contributed by atoms with Gasteiger partial charge in [0, 0.05) is 32.0 Å². The van der Waals surface area contributed by atoms with Gasteiger partial charge in [-0.15, -0.1) is 0 Å². The molecule has 4 nitrogen and oxygen atoms in total. The van der Waals surface area contributed by atoms with Crippen LogP contribution >= 0.6 is 0 Å². The number of pyridine rings is 1. The molecule has 1 amide bonds. The normalized spacial score (nSPS) is 16.7. The summed E-state index contributed by atoms with van der Waals surface area (Å²) in [5.41, 5.74) is 2.88. The molecule has 21 heavy (non-hydrogen) atoms. The van der Waals surface area contributed by atoms with Gasteiger partial charge < -0.3 is 9.80 Å². The molecule has 1 unspecified atom stereocenters. The molecule has 0 spiro atoms. The molecule has 0 saturated heterocycles. The first kappa shape index (κ1) is 13.6. The van der Waals surface area contributed by atoms with E-state index in [0.29, 0.717) is 5.56 Å². The predicted molar refractivity (Wildman–Crippen MR) is 85.0 cm³/mol. The van der Waals surface area contributed by atoms with Crippen LogP contribution < -0.4 is 9.80 Å². The summed E-state index contributed by atoms with van der Waals surface area (Å²) in [6.07, 6.45) is 2.57. The first-order chi connectivity index (χ1) is 10.1. The molecule has 0 radical (unpaired) electrons. The molecule has 1 aromatic carbocycles. The lowest BCUT2D eigenvalue weighted by molar-refractivity contribution is 0.0981. The van der Waals surface area contributed by atoms with Crippen molar-refractivity contribution in [2.75, 3.05) is 23.9 Å². The van der Waals surface area contributed by atoms with Gasteiger partial charge in [0.25, 0.3) is 5.91 Å². The second kappa shape index (κ2) is 5.20. The van der Waals surface area contributed by atoms with Crippen molar-refractivity contribution in [1.29, 1.82) is 0 Å². The summed E-state index contributed by atoms with van der Waals surface area (Å²) in [6.45, 7) is 2.08. The molecule has 1 atom stereocenters. The zero-order chi connectivity index (χ0) is 15.0. The number of hydrogen-bond acceptors (Lipinski definition) is 3. The highest BCUT2D eigenvalue weighted by molar-refractivity contribution is 6.07. The third kappa shape index (κ3) is 2.37. The highest BCUT2D eigenvalue weighted by Gasteiger charge is 2.31. The Balaban J connectivity index is 1.92. The molecule has 4 heteroatoms. The quantitative estimate of drug-likeness (QED) is 0.849. The van der Waals surface area contributed by atoms with Gasteiger partial charge in [0.15, 0.2) is 0 Å². The Morgan fingerprint density at radius 2 is 2.00 bits per heavy atom. The van der Waals surface area contributed by atoms with Crippen LogP contribution in [0.2, 0.25) is 0 Å². The van der Waals surface area contributed by atoms with E-state index < -0.39 is 0 Å². The SMILES string of the molecule is CC1Cc2ccccc2N1C(=O)c1ccc(N(C)C)nc1. The molecule has 108 valence electrons. The van der Waals surface area contributed by atoms with Gasteiger partial charge in [-0.05, 0) is 37.1 Å². The first-order valence-corrected chi connectivity index (χ1v) is 7.13. The van der Waals surface area contributed by atoms with Gasteiger partial charge in [-0.25, -0.2) is 4.98 Å². The van der Waals surface area contributed by atoms with Crippen LogP contribution in [-0.2, 0) is 6.42 Å². The smallest absolute Gasteiger partial charge is 0.260 e. The van der Waals surface area contributed by atoms with Gasteiger partial charge in [0.1, 0.15) is 5.82 Å². The third-order valence-electron chi connectivity index (χ3n) is 3.88. The second-order valence-corrected chi connectivity index (χ2v) is 5.66. The molecular weight excluding hydrogens is 262 g/mol. The summed E-state index contributed by atoms with van der Waals surface area (Å²) in [4.78, 5) is 20.9. The van der Waals surface area contributed by atoms with Crippen LogP contribution in [0.15, 0.2) is 42.6 Å². The highest BCUT2D eigenvalue weighted by Crippen LogP contribution is 2.33. The minimum absolute atomic E-state index is 0.0188. The van der Waals surface area contributed by atoms with Crippen LogP contribution in [0.4, 0.5) is 11.5 Å². The molecule has 1 aliphatic rings. The van der Waals surface area contributed by atoms with Crippen molar-refractivity contribution in [2.24, 2.45) is 0 Å². The van der Waals surface area contributed by atoms with Crippen LogP contribution in [0.25, 0.3) is 0 Å². The minimum atomic E-state index is 0.0188. The molecule has 0 N–H and O–H groups in total. The Labute approximate surface area is 125 Å². The average molecular weight is 281 g/mol. The van der Waals surface area contributed by atoms with E-state index >= 15 is 0 Å². The topological polar surface area (TPSA) is 36.4 Å². The minimum Gasteiger partial charge on any atom is -0.363 e. The number of carbonyl (C=O) groups excluding carboxylic acids is 1. The molecule has 2 heterocycles. The number of amides is 1. The van der Waals surface area contributed by atoms with E-state index in [1.165, 1.54) is 5.56 Å². The fourth-order valence-corrected chi connectivity index (χ4v) is 2.79. The maximum Gasteiger partial charge on any atom is 0.260 e. The number of hydrogen-bond donors (Lipinski definition) is 0. The summed E-state index contributed by atoms with van der Waals surface area (Å²) in [5, 5.41) is 0. The van der Waals surface area contributed by atoms with Crippen molar-refractivity contribution in [3.05, 3.63) is 53.7 Å². The summed E-state index contributed by atoms with van der Waals surface area (Å²) >= 11 is 0. The monoisotopic (exact) mass is 281 g/mol. The molecule has 2 aromatic rings. The van der Waals surface area contributed by atoms with E-state index in [1.54, 1.807) is 6.20 Å². The summed E-state index contributed by atoms with van der Waals surface area (Å²) in [7, 11) is 3.87. The first-order valence-electron chi connectivity index (χ1n) is 7.13. The van der Waals surface area contributed by atoms with Crippen molar-refractivity contribution >= 4 is 17.4 Å². The second-order valence-electron chi connectivity index (χ2n) is 5.66. The van der Waals surface area contributed by atoms with Gasteiger partial charge in [-0.2, -0.15) is 0 Å². The van der Waals surface area contributed by atoms with Crippen LogP contribution in [0.3, 0.4) is 0 Å². The third-order valence-corrected chi connectivity index (χ3v) is 3.88. The number of fused-ring (bicyclic) bond motifs is 1. The standard InChI is InChI=1S/C17H19N3O/c1-12-10-13-6-4-5-7-15(13)20(12)17(21)14-8-9-16(18-11-14)19(2)3/h4-9,11-12H,10H2,1-3H3. The van der Waals surface area contributed by atoms with E-state index in [2.05, 4.69) is 18.0 Å². The number of anilines is 2. The van der Waals surface area contributed by atoms with Gasteiger partial charge in [0.2, 0.25) is 0 Å². The summed E-state index contributed by atoms with van der Waals surface area (Å²) < 4.78 is 0. The Morgan fingerprint density at radius 3 is 2.67 bits per heavy atom. The van der Waals surface area contributed by atoms with Crippen molar-refractivity contribution in [1.82, 2.24) is 4.98 Å². The number of carbonyl (C=O) groups is 1. The number of aromatic nitrogens is 1. The van der Waals surface area contributed by atoms with Crippen LogP contribution in [0.1, 0.15) is 22.8 Å². The highest BCUT2D eigenvalue weighted by atomic mass is 16.2. The lowest BCUT2D eigenvalue weighted by Gasteiger charge is -2.23. The van der Waals surface area contributed by atoms with Crippen LogP contribution in [-0.4, -0.2) is 31.0 Å². The molecule has 3 rings (SSSR count). The van der Waals surface area contributed by atoms with E-state index in [1.807, 2.05) is 54.2 Å². The van der Waals surface area contributed by atoms with E-state index in [4.69, 9.17) is 0 Å².